The fraction of sp³-hybridized carbons (Fsp3) is 0.533. The van der Waals surface area contributed by atoms with Gasteiger partial charge < -0.3 is 15.4 Å². The van der Waals surface area contributed by atoms with Gasteiger partial charge in [-0.1, -0.05) is 26.0 Å². The molecule has 0 aliphatic heterocycles. The number of carbonyl (C=O) groups excluding carboxylic acids is 1. The van der Waals surface area contributed by atoms with Gasteiger partial charge in [-0.3, -0.25) is 4.79 Å². The van der Waals surface area contributed by atoms with Crippen LogP contribution in [0.1, 0.15) is 26.3 Å². The molecule has 0 unspecified atom stereocenters. The summed E-state index contributed by atoms with van der Waals surface area (Å²) >= 11 is 0. The summed E-state index contributed by atoms with van der Waals surface area (Å²) in [5, 5.41) is 0. The second-order valence-electron chi connectivity index (χ2n) is 4.96. The largest absolute Gasteiger partial charge is 0.484 e. The van der Waals surface area contributed by atoms with Crippen LogP contribution in [0.5, 0.6) is 5.75 Å². The Balaban J connectivity index is 2.47. The molecule has 0 spiro atoms. The number of rotatable bonds is 7. The topological polar surface area (TPSA) is 55.6 Å². The van der Waals surface area contributed by atoms with E-state index in [0.29, 0.717) is 24.8 Å². The van der Waals surface area contributed by atoms with Gasteiger partial charge >= 0.3 is 0 Å². The predicted molar refractivity (Wildman–Crippen MR) is 76.9 cm³/mol. The second-order valence-corrected chi connectivity index (χ2v) is 4.96. The molecule has 0 bridgehead atoms. The lowest BCUT2D eigenvalue weighted by molar-refractivity contribution is -0.133. The molecule has 106 valence electrons. The van der Waals surface area contributed by atoms with E-state index >= 15 is 0 Å². The van der Waals surface area contributed by atoms with Gasteiger partial charge in [-0.25, -0.2) is 0 Å². The minimum atomic E-state index is 0.0269. The zero-order valence-corrected chi connectivity index (χ0v) is 12.1. The van der Waals surface area contributed by atoms with Crippen molar-refractivity contribution in [3.8, 4) is 5.75 Å². The first-order valence-corrected chi connectivity index (χ1v) is 6.76. The normalized spacial score (nSPS) is 10.6. The molecule has 0 aromatic heterocycles. The molecule has 1 amide bonds. The number of hydrogen-bond acceptors (Lipinski definition) is 3. The molecule has 0 fully saturated rings. The monoisotopic (exact) mass is 264 g/mol. The molecule has 4 heteroatoms. The first-order chi connectivity index (χ1) is 9.06. The zero-order valence-electron chi connectivity index (χ0n) is 12.1. The lowest BCUT2D eigenvalue weighted by Gasteiger charge is -2.22. The Kier molecular flexibility index (Phi) is 6.36. The third kappa shape index (κ3) is 5.30. The van der Waals surface area contributed by atoms with E-state index in [2.05, 4.69) is 13.8 Å². The maximum absolute atomic E-state index is 12.0. The molecule has 0 aliphatic rings. The first-order valence-electron chi connectivity index (χ1n) is 6.76. The minimum Gasteiger partial charge on any atom is -0.484 e. The SMILES string of the molecule is CCN(CC(C)C)C(=O)COc1ccc(CN)cc1. The summed E-state index contributed by atoms with van der Waals surface area (Å²) in [6.45, 7) is 8.26. The Bertz CT molecular complexity index is 388. The number of nitrogens with zero attached hydrogens (tertiary/aromatic N) is 1. The van der Waals surface area contributed by atoms with Crippen LogP contribution in [0.2, 0.25) is 0 Å². The fourth-order valence-corrected chi connectivity index (χ4v) is 1.81. The maximum Gasteiger partial charge on any atom is 0.260 e. The highest BCUT2D eigenvalue weighted by atomic mass is 16.5. The molecule has 0 atom stereocenters. The Morgan fingerprint density at radius 1 is 1.32 bits per heavy atom. The van der Waals surface area contributed by atoms with E-state index in [1.165, 1.54) is 0 Å². The van der Waals surface area contributed by atoms with Crippen molar-refractivity contribution in [3.05, 3.63) is 29.8 Å². The van der Waals surface area contributed by atoms with E-state index in [1.54, 1.807) is 0 Å². The maximum atomic E-state index is 12.0. The lowest BCUT2D eigenvalue weighted by Crippen LogP contribution is -2.37. The van der Waals surface area contributed by atoms with Crippen LogP contribution in [-0.4, -0.2) is 30.5 Å². The molecule has 1 rings (SSSR count). The van der Waals surface area contributed by atoms with E-state index < -0.39 is 0 Å². The summed E-state index contributed by atoms with van der Waals surface area (Å²) in [7, 11) is 0. The van der Waals surface area contributed by atoms with Gasteiger partial charge in [0.2, 0.25) is 0 Å². The highest BCUT2D eigenvalue weighted by molar-refractivity contribution is 5.77. The van der Waals surface area contributed by atoms with Gasteiger partial charge in [0.25, 0.3) is 5.91 Å². The average molecular weight is 264 g/mol. The Labute approximate surface area is 115 Å². The van der Waals surface area contributed by atoms with Crippen molar-refractivity contribution in [1.82, 2.24) is 4.90 Å². The number of benzene rings is 1. The van der Waals surface area contributed by atoms with Crippen LogP contribution in [0.4, 0.5) is 0 Å². The van der Waals surface area contributed by atoms with Crippen molar-refractivity contribution in [3.63, 3.8) is 0 Å². The predicted octanol–water partition coefficient (Wildman–Crippen LogP) is 2.03. The van der Waals surface area contributed by atoms with Gasteiger partial charge in [0.05, 0.1) is 0 Å². The Morgan fingerprint density at radius 3 is 2.42 bits per heavy atom. The van der Waals surface area contributed by atoms with Crippen molar-refractivity contribution in [2.45, 2.75) is 27.3 Å². The molecule has 1 aromatic rings. The molecular weight excluding hydrogens is 240 g/mol. The smallest absolute Gasteiger partial charge is 0.260 e. The quantitative estimate of drug-likeness (QED) is 0.820. The molecule has 0 saturated carbocycles. The fourth-order valence-electron chi connectivity index (χ4n) is 1.81. The first kappa shape index (κ1) is 15.5. The van der Waals surface area contributed by atoms with E-state index in [9.17, 15) is 4.79 Å². The van der Waals surface area contributed by atoms with E-state index in [4.69, 9.17) is 10.5 Å². The van der Waals surface area contributed by atoms with Crippen LogP contribution in [0, 0.1) is 5.92 Å². The molecule has 2 N–H and O–H groups in total. The molecule has 19 heavy (non-hydrogen) atoms. The molecule has 0 aliphatic carbocycles. The number of likely N-dealkylation sites (N-methyl/N-ethyl adjacent to an activating group) is 1. The molecular formula is C15H24N2O2. The van der Waals surface area contributed by atoms with Gasteiger partial charge in [0, 0.05) is 19.6 Å². The minimum absolute atomic E-state index is 0.0269. The van der Waals surface area contributed by atoms with E-state index in [-0.39, 0.29) is 12.5 Å². The Hall–Kier alpha value is -1.55. The third-order valence-corrected chi connectivity index (χ3v) is 2.84. The van der Waals surface area contributed by atoms with Crippen molar-refractivity contribution < 1.29 is 9.53 Å². The Morgan fingerprint density at radius 2 is 1.95 bits per heavy atom. The third-order valence-electron chi connectivity index (χ3n) is 2.84. The number of carbonyl (C=O) groups is 1. The van der Waals surface area contributed by atoms with Crippen LogP contribution >= 0.6 is 0 Å². The van der Waals surface area contributed by atoms with Crippen molar-refractivity contribution in [2.24, 2.45) is 11.7 Å². The summed E-state index contributed by atoms with van der Waals surface area (Å²) in [6.07, 6.45) is 0. The number of hydrogen-bond donors (Lipinski definition) is 1. The number of amides is 1. The van der Waals surface area contributed by atoms with Gasteiger partial charge in [-0.15, -0.1) is 0 Å². The molecule has 0 radical (unpaired) electrons. The highest BCUT2D eigenvalue weighted by Crippen LogP contribution is 2.12. The second kappa shape index (κ2) is 7.79. The molecule has 4 nitrogen and oxygen atoms in total. The molecule has 0 saturated heterocycles. The molecule has 1 aromatic carbocycles. The van der Waals surface area contributed by atoms with Crippen molar-refractivity contribution in [2.75, 3.05) is 19.7 Å². The summed E-state index contributed by atoms with van der Waals surface area (Å²) < 4.78 is 5.50. The average Bonchev–Trinajstić information content (AvgIpc) is 2.42. The van der Waals surface area contributed by atoms with Crippen LogP contribution in [0.15, 0.2) is 24.3 Å². The van der Waals surface area contributed by atoms with E-state index in [1.807, 2.05) is 36.1 Å². The summed E-state index contributed by atoms with van der Waals surface area (Å²) in [5.74, 6) is 1.19. The highest BCUT2D eigenvalue weighted by Gasteiger charge is 2.13. The van der Waals surface area contributed by atoms with Gasteiger partial charge in [-0.05, 0) is 30.5 Å². The lowest BCUT2D eigenvalue weighted by atomic mass is 10.2. The van der Waals surface area contributed by atoms with Gasteiger partial charge in [0.1, 0.15) is 5.75 Å². The zero-order chi connectivity index (χ0) is 14.3. The number of nitrogens with two attached hydrogens (primary N) is 1. The summed E-state index contributed by atoms with van der Waals surface area (Å²) in [4.78, 5) is 13.8. The van der Waals surface area contributed by atoms with Crippen LogP contribution in [0.25, 0.3) is 0 Å². The molecule has 0 heterocycles. The van der Waals surface area contributed by atoms with Crippen LogP contribution < -0.4 is 10.5 Å². The standard InChI is InChI=1S/C15H24N2O2/c1-4-17(10-12(2)3)15(18)11-19-14-7-5-13(9-16)6-8-14/h5-8,12H,4,9-11,16H2,1-3H3. The summed E-state index contributed by atoms with van der Waals surface area (Å²) in [5.41, 5.74) is 6.57. The van der Waals surface area contributed by atoms with E-state index in [0.717, 1.165) is 12.1 Å². The number of ether oxygens (including phenoxy) is 1. The van der Waals surface area contributed by atoms with Crippen LogP contribution in [-0.2, 0) is 11.3 Å². The van der Waals surface area contributed by atoms with Crippen molar-refractivity contribution >= 4 is 5.91 Å². The van der Waals surface area contributed by atoms with Crippen LogP contribution in [0.3, 0.4) is 0 Å². The summed E-state index contributed by atoms with van der Waals surface area (Å²) in [6, 6.07) is 7.50. The van der Waals surface area contributed by atoms with Gasteiger partial charge in [-0.2, -0.15) is 0 Å². The van der Waals surface area contributed by atoms with Crippen molar-refractivity contribution in [1.29, 1.82) is 0 Å². The van der Waals surface area contributed by atoms with Gasteiger partial charge in [0.15, 0.2) is 6.61 Å².